The van der Waals surface area contributed by atoms with E-state index in [0.29, 0.717) is 6.54 Å². The number of halogens is 2. The van der Waals surface area contributed by atoms with Crippen LogP contribution in [0.2, 0.25) is 0 Å². The molecule has 0 saturated carbocycles. The van der Waals surface area contributed by atoms with Crippen molar-refractivity contribution in [1.29, 1.82) is 0 Å². The van der Waals surface area contributed by atoms with Gasteiger partial charge >= 0.3 is 0 Å². The van der Waals surface area contributed by atoms with E-state index in [0.717, 1.165) is 26.3 Å². The second-order valence-corrected chi connectivity index (χ2v) is 5.60. The normalized spacial score (nSPS) is 10.6. The summed E-state index contributed by atoms with van der Waals surface area (Å²) in [6.07, 6.45) is 1.78. The molecule has 2 rings (SSSR count). The van der Waals surface area contributed by atoms with Gasteiger partial charge in [-0.3, -0.25) is 0 Å². The maximum Gasteiger partial charge on any atom is 0.143 e. The van der Waals surface area contributed by atoms with Gasteiger partial charge in [0.05, 0.1) is 11.0 Å². The largest absolute Gasteiger partial charge is 0.464 e. The lowest BCUT2D eigenvalue weighted by Crippen LogP contribution is -2.17. The van der Waals surface area contributed by atoms with Gasteiger partial charge in [-0.1, -0.05) is 0 Å². The van der Waals surface area contributed by atoms with E-state index in [1.54, 1.807) is 6.20 Å². The van der Waals surface area contributed by atoms with E-state index in [-0.39, 0.29) is 0 Å². The first kappa shape index (κ1) is 12.6. The molecule has 17 heavy (non-hydrogen) atoms. The highest BCUT2D eigenvalue weighted by Gasteiger charge is 2.10. The number of pyridine rings is 1. The zero-order valence-corrected chi connectivity index (χ0v) is 12.7. The summed E-state index contributed by atoms with van der Waals surface area (Å²) in [6, 6.07) is 5.93. The Kier molecular flexibility index (Phi) is 3.89. The molecule has 0 fully saturated rings. The topological polar surface area (TPSA) is 29.3 Å². The van der Waals surface area contributed by atoms with Crippen LogP contribution in [0.25, 0.3) is 0 Å². The molecule has 0 N–H and O–H groups in total. The highest BCUT2D eigenvalue weighted by Crippen LogP contribution is 2.27. The van der Waals surface area contributed by atoms with Gasteiger partial charge in [0.1, 0.15) is 17.3 Å². The third kappa shape index (κ3) is 3.10. The first-order valence-electron chi connectivity index (χ1n) is 5.14. The lowest BCUT2D eigenvalue weighted by atomic mass is 10.4. The summed E-state index contributed by atoms with van der Waals surface area (Å²) in [5.74, 6) is 2.75. The first-order valence-corrected chi connectivity index (χ1v) is 6.72. The Morgan fingerprint density at radius 2 is 2.12 bits per heavy atom. The van der Waals surface area contributed by atoms with Crippen LogP contribution < -0.4 is 4.90 Å². The summed E-state index contributed by atoms with van der Waals surface area (Å²) in [4.78, 5) is 6.41. The third-order valence-electron chi connectivity index (χ3n) is 2.34. The fourth-order valence-electron chi connectivity index (χ4n) is 1.57. The van der Waals surface area contributed by atoms with E-state index in [1.165, 1.54) is 0 Å². The molecule has 0 aliphatic carbocycles. The summed E-state index contributed by atoms with van der Waals surface area (Å²) in [5.41, 5.74) is 0. The summed E-state index contributed by atoms with van der Waals surface area (Å²) in [5, 5.41) is 0. The predicted molar refractivity (Wildman–Crippen MR) is 75.2 cm³/mol. The van der Waals surface area contributed by atoms with Crippen LogP contribution in [-0.2, 0) is 6.54 Å². The molecule has 90 valence electrons. The van der Waals surface area contributed by atoms with Gasteiger partial charge in [-0.25, -0.2) is 4.98 Å². The second-order valence-electron chi connectivity index (χ2n) is 3.83. The van der Waals surface area contributed by atoms with E-state index in [2.05, 4.69) is 36.8 Å². The van der Waals surface area contributed by atoms with Crippen molar-refractivity contribution >= 4 is 37.7 Å². The number of anilines is 1. The number of aromatic nitrogens is 1. The Labute approximate surface area is 117 Å². The lowest BCUT2D eigenvalue weighted by Gasteiger charge is -2.18. The van der Waals surface area contributed by atoms with Gasteiger partial charge in [0, 0.05) is 17.7 Å². The summed E-state index contributed by atoms with van der Waals surface area (Å²) in [7, 11) is 1.98. The van der Waals surface area contributed by atoms with Gasteiger partial charge in [-0.15, -0.1) is 0 Å². The molecule has 0 bridgehead atoms. The standard InChI is InChI=1S/C12H12Br2N2O/c1-8-3-4-10(17-8)7-16(2)12-11(14)5-9(13)6-15-12/h3-6H,7H2,1-2H3. The summed E-state index contributed by atoms with van der Waals surface area (Å²) < 4.78 is 7.46. The number of rotatable bonds is 3. The molecule has 5 heteroatoms. The van der Waals surface area contributed by atoms with E-state index < -0.39 is 0 Å². The van der Waals surface area contributed by atoms with Crippen molar-refractivity contribution in [3.8, 4) is 0 Å². The van der Waals surface area contributed by atoms with Crippen LogP contribution in [0.4, 0.5) is 5.82 Å². The number of hydrogen-bond donors (Lipinski definition) is 0. The number of hydrogen-bond acceptors (Lipinski definition) is 3. The average molecular weight is 360 g/mol. The van der Waals surface area contributed by atoms with E-state index in [4.69, 9.17) is 4.42 Å². The maximum absolute atomic E-state index is 5.55. The fourth-order valence-corrected chi connectivity index (χ4v) is 2.86. The Bertz CT molecular complexity index is 525. The molecule has 0 amide bonds. The summed E-state index contributed by atoms with van der Waals surface area (Å²) >= 11 is 6.89. The molecule has 0 radical (unpaired) electrons. The molecule has 2 aromatic heterocycles. The monoisotopic (exact) mass is 358 g/mol. The molecule has 2 heterocycles. The molecule has 0 saturated heterocycles. The van der Waals surface area contributed by atoms with Crippen LogP contribution in [0.1, 0.15) is 11.5 Å². The van der Waals surface area contributed by atoms with Crippen molar-refractivity contribution in [3.63, 3.8) is 0 Å². The van der Waals surface area contributed by atoms with Crippen LogP contribution in [0.5, 0.6) is 0 Å². The van der Waals surface area contributed by atoms with Gasteiger partial charge in [0.25, 0.3) is 0 Å². The van der Waals surface area contributed by atoms with E-state index >= 15 is 0 Å². The van der Waals surface area contributed by atoms with E-state index in [9.17, 15) is 0 Å². The van der Waals surface area contributed by atoms with E-state index in [1.807, 2.05) is 37.1 Å². The van der Waals surface area contributed by atoms with Gasteiger partial charge in [0.2, 0.25) is 0 Å². The van der Waals surface area contributed by atoms with Gasteiger partial charge < -0.3 is 9.32 Å². The molecule has 0 spiro atoms. The van der Waals surface area contributed by atoms with Crippen molar-refractivity contribution in [2.24, 2.45) is 0 Å². The molecule has 0 aliphatic heterocycles. The number of aryl methyl sites for hydroxylation is 1. The quantitative estimate of drug-likeness (QED) is 0.824. The minimum absolute atomic E-state index is 0.696. The smallest absolute Gasteiger partial charge is 0.143 e. The second kappa shape index (κ2) is 5.23. The molecule has 0 aromatic carbocycles. The number of nitrogens with zero attached hydrogens (tertiary/aromatic N) is 2. The fraction of sp³-hybridized carbons (Fsp3) is 0.250. The predicted octanol–water partition coefficient (Wildman–Crippen LogP) is 4.14. The maximum atomic E-state index is 5.55. The van der Waals surface area contributed by atoms with Crippen LogP contribution in [0.3, 0.4) is 0 Å². The number of furan rings is 1. The minimum Gasteiger partial charge on any atom is -0.464 e. The van der Waals surface area contributed by atoms with Gasteiger partial charge in [-0.05, 0) is 57.0 Å². The summed E-state index contributed by atoms with van der Waals surface area (Å²) in [6.45, 7) is 2.64. The molecule has 2 aromatic rings. The minimum atomic E-state index is 0.696. The van der Waals surface area contributed by atoms with Crippen molar-refractivity contribution in [3.05, 3.63) is 44.9 Å². The Hall–Kier alpha value is -0.810. The van der Waals surface area contributed by atoms with Crippen LogP contribution in [-0.4, -0.2) is 12.0 Å². The average Bonchev–Trinajstić information content (AvgIpc) is 2.63. The zero-order valence-electron chi connectivity index (χ0n) is 9.58. The van der Waals surface area contributed by atoms with Gasteiger partial charge in [-0.2, -0.15) is 0 Å². The Balaban J connectivity index is 2.17. The van der Waals surface area contributed by atoms with Crippen molar-refractivity contribution < 1.29 is 4.42 Å². The Morgan fingerprint density at radius 3 is 2.71 bits per heavy atom. The molecular weight excluding hydrogens is 348 g/mol. The van der Waals surface area contributed by atoms with Crippen LogP contribution in [0, 0.1) is 6.92 Å². The first-order chi connectivity index (χ1) is 8.06. The molecule has 3 nitrogen and oxygen atoms in total. The van der Waals surface area contributed by atoms with Crippen molar-refractivity contribution in [2.45, 2.75) is 13.5 Å². The zero-order chi connectivity index (χ0) is 12.4. The SMILES string of the molecule is Cc1ccc(CN(C)c2ncc(Br)cc2Br)o1. The molecule has 0 unspecified atom stereocenters. The third-order valence-corrected chi connectivity index (χ3v) is 3.36. The highest BCUT2D eigenvalue weighted by atomic mass is 79.9. The lowest BCUT2D eigenvalue weighted by molar-refractivity contribution is 0.481. The van der Waals surface area contributed by atoms with Crippen LogP contribution in [0.15, 0.2) is 37.8 Å². The van der Waals surface area contributed by atoms with Crippen molar-refractivity contribution in [1.82, 2.24) is 4.98 Å². The molecule has 0 atom stereocenters. The van der Waals surface area contributed by atoms with Gasteiger partial charge in [0.15, 0.2) is 0 Å². The van der Waals surface area contributed by atoms with Crippen molar-refractivity contribution in [2.75, 3.05) is 11.9 Å². The highest BCUT2D eigenvalue weighted by molar-refractivity contribution is 9.11. The molecule has 0 aliphatic rings. The Morgan fingerprint density at radius 1 is 1.35 bits per heavy atom. The van der Waals surface area contributed by atoms with Crippen LogP contribution >= 0.6 is 31.9 Å². The molecular formula is C12H12Br2N2O.